The highest BCUT2D eigenvalue weighted by atomic mass is 16.1. The van der Waals surface area contributed by atoms with Gasteiger partial charge in [0.05, 0.1) is 0 Å². The summed E-state index contributed by atoms with van der Waals surface area (Å²) in [6.07, 6.45) is 0. The predicted octanol–water partition coefficient (Wildman–Crippen LogP) is 3.56. The molecule has 0 aliphatic rings. The van der Waals surface area contributed by atoms with E-state index in [0.29, 0.717) is 5.56 Å². The van der Waals surface area contributed by atoms with Crippen molar-refractivity contribution in [1.29, 1.82) is 0 Å². The van der Waals surface area contributed by atoms with Gasteiger partial charge < -0.3 is 5.32 Å². The highest BCUT2D eigenvalue weighted by molar-refractivity contribution is 6.05. The number of hydrogen-bond acceptors (Lipinski definition) is 1. The van der Waals surface area contributed by atoms with Crippen molar-refractivity contribution in [3.63, 3.8) is 0 Å². The molecule has 0 unspecified atom stereocenters. The lowest BCUT2D eigenvalue weighted by Crippen LogP contribution is -2.13. The highest BCUT2D eigenvalue weighted by Crippen LogP contribution is 2.13. The number of carbonyl (C=O) groups is 1. The Morgan fingerprint density at radius 2 is 1.76 bits per heavy atom. The summed E-state index contributed by atoms with van der Waals surface area (Å²) in [5.74, 6) is -0.0614. The fourth-order valence-corrected chi connectivity index (χ4v) is 1.75. The lowest BCUT2D eigenvalue weighted by Gasteiger charge is -2.07. The first-order valence-electron chi connectivity index (χ1n) is 5.60. The summed E-state index contributed by atoms with van der Waals surface area (Å²) in [6, 6.07) is 15.4. The minimum Gasteiger partial charge on any atom is -0.322 e. The molecule has 0 radical (unpaired) electrons. The quantitative estimate of drug-likeness (QED) is 0.832. The van der Waals surface area contributed by atoms with Crippen LogP contribution in [0.15, 0.2) is 48.5 Å². The van der Waals surface area contributed by atoms with Crippen LogP contribution in [0, 0.1) is 13.8 Å². The van der Waals surface area contributed by atoms with Crippen molar-refractivity contribution in [3.8, 4) is 0 Å². The third-order valence-corrected chi connectivity index (χ3v) is 2.67. The fourth-order valence-electron chi connectivity index (χ4n) is 1.75. The molecule has 0 saturated carbocycles. The van der Waals surface area contributed by atoms with E-state index < -0.39 is 0 Å². The smallest absolute Gasteiger partial charge is 0.255 e. The molecule has 0 aliphatic heterocycles. The summed E-state index contributed by atoms with van der Waals surface area (Å²) in [5, 5.41) is 2.90. The van der Waals surface area contributed by atoms with E-state index in [0.717, 1.165) is 16.8 Å². The highest BCUT2D eigenvalue weighted by Gasteiger charge is 2.07. The molecule has 0 aromatic heterocycles. The van der Waals surface area contributed by atoms with Gasteiger partial charge in [-0.05, 0) is 43.2 Å². The average Bonchev–Trinajstić information content (AvgIpc) is 2.29. The first-order chi connectivity index (χ1) is 8.16. The SMILES string of the molecule is Cc1cccc(NC(=O)c2ccccc2C)c1. The molecule has 1 N–H and O–H groups in total. The van der Waals surface area contributed by atoms with Gasteiger partial charge in [0, 0.05) is 11.3 Å². The summed E-state index contributed by atoms with van der Waals surface area (Å²) >= 11 is 0. The molecule has 0 atom stereocenters. The van der Waals surface area contributed by atoms with E-state index in [1.807, 2.05) is 62.4 Å². The van der Waals surface area contributed by atoms with Crippen LogP contribution in [0.5, 0.6) is 0 Å². The van der Waals surface area contributed by atoms with Gasteiger partial charge in [-0.25, -0.2) is 0 Å². The van der Waals surface area contributed by atoms with Crippen molar-refractivity contribution in [1.82, 2.24) is 0 Å². The molecule has 0 heterocycles. The van der Waals surface area contributed by atoms with Crippen LogP contribution in [0.2, 0.25) is 0 Å². The van der Waals surface area contributed by atoms with Crippen molar-refractivity contribution in [3.05, 3.63) is 65.2 Å². The molecule has 2 rings (SSSR count). The molecular weight excluding hydrogens is 210 g/mol. The predicted molar refractivity (Wildman–Crippen MR) is 70.3 cm³/mol. The molecular formula is C15H15NO. The van der Waals surface area contributed by atoms with E-state index in [1.165, 1.54) is 0 Å². The molecule has 0 saturated heterocycles. The number of carbonyl (C=O) groups excluding carboxylic acids is 1. The Morgan fingerprint density at radius 3 is 2.47 bits per heavy atom. The molecule has 2 aromatic rings. The number of rotatable bonds is 2. The minimum absolute atomic E-state index is 0.0614. The topological polar surface area (TPSA) is 29.1 Å². The standard InChI is InChI=1S/C15H15NO/c1-11-6-5-8-13(10-11)16-15(17)14-9-4-3-7-12(14)2/h3-10H,1-2H3,(H,16,17). The number of nitrogens with one attached hydrogen (secondary N) is 1. The Hall–Kier alpha value is -2.09. The van der Waals surface area contributed by atoms with Crippen LogP contribution in [0.25, 0.3) is 0 Å². The largest absolute Gasteiger partial charge is 0.322 e. The van der Waals surface area contributed by atoms with Crippen LogP contribution < -0.4 is 5.32 Å². The number of hydrogen-bond donors (Lipinski definition) is 1. The molecule has 2 heteroatoms. The first kappa shape index (κ1) is 11.4. The first-order valence-corrected chi connectivity index (χ1v) is 5.60. The molecule has 86 valence electrons. The maximum absolute atomic E-state index is 12.0. The van der Waals surface area contributed by atoms with Gasteiger partial charge in [0.2, 0.25) is 0 Å². The summed E-state index contributed by atoms with van der Waals surface area (Å²) < 4.78 is 0. The van der Waals surface area contributed by atoms with Crippen LogP contribution in [0.1, 0.15) is 21.5 Å². The van der Waals surface area contributed by atoms with Gasteiger partial charge >= 0.3 is 0 Å². The molecule has 0 spiro atoms. The number of benzene rings is 2. The van der Waals surface area contributed by atoms with Crippen LogP contribution >= 0.6 is 0 Å². The molecule has 17 heavy (non-hydrogen) atoms. The van der Waals surface area contributed by atoms with Gasteiger partial charge in [-0.1, -0.05) is 30.3 Å². The van der Waals surface area contributed by atoms with Crippen LogP contribution in [-0.4, -0.2) is 5.91 Å². The van der Waals surface area contributed by atoms with Crippen molar-refractivity contribution < 1.29 is 4.79 Å². The number of amides is 1. The molecule has 0 aliphatic carbocycles. The van der Waals surface area contributed by atoms with Gasteiger partial charge in [0.1, 0.15) is 0 Å². The third-order valence-electron chi connectivity index (χ3n) is 2.67. The van der Waals surface area contributed by atoms with Crippen LogP contribution in [-0.2, 0) is 0 Å². The Balaban J connectivity index is 2.20. The summed E-state index contributed by atoms with van der Waals surface area (Å²) in [5.41, 5.74) is 3.66. The molecule has 2 aromatic carbocycles. The van der Waals surface area contributed by atoms with E-state index in [4.69, 9.17) is 0 Å². The second-order valence-electron chi connectivity index (χ2n) is 4.14. The maximum Gasteiger partial charge on any atom is 0.255 e. The van der Waals surface area contributed by atoms with Gasteiger partial charge in [-0.3, -0.25) is 4.79 Å². The summed E-state index contributed by atoms with van der Waals surface area (Å²) in [6.45, 7) is 3.94. The van der Waals surface area contributed by atoms with E-state index in [1.54, 1.807) is 0 Å². The lowest BCUT2D eigenvalue weighted by molar-refractivity contribution is 0.102. The van der Waals surface area contributed by atoms with Crippen molar-refractivity contribution in [2.45, 2.75) is 13.8 Å². The third kappa shape index (κ3) is 2.72. The second-order valence-corrected chi connectivity index (χ2v) is 4.14. The van der Waals surface area contributed by atoms with Gasteiger partial charge in [0.25, 0.3) is 5.91 Å². The molecule has 0 bridgehead atoms. The Bertz CT molecular complexity index is 546. The van der Waals surface area contributed by atoms with Gasteiger partial charge in [-0.2, -0.15) is 0 Å². The number of anilines is 1. The maximum atomic E-state index is 12.0. The lowest BCUT2D eigenvalue weighted by atomic mass is 10.1. The summed E-state index contributed by atoms with van der Waals surface area (Å²) in [4.78, 5) is 12.0. The zero-order valence-electron chi connectivity index (χ0n) is 10.0. The van der Waals surface area contributed by atoms with Crippen molar-refractivity contribution in [2.24, 2.45) is 0 Å². The molecule has 2 nitrogen and oxygen atoms in total. The zero-order chi connectivity index (χ0) is 12.3. The van der Waals surface area contributed by atoms with Gasteiger partial charge in [0.15, 0.2) is 0 Å². The van der Waals surface area contributed by atoms with Crippen LogP contribution in [0.4, 0.5) is 5.69 Å². The number of aryl methyl sites for hydroxylation is 2. The van der Waals surface area contributed by atoms with Gasteiger partial charge in [-0.15, -0.1) is 0 Å². The Kier molecular flexibility index (Phi) is 3.24. The van der Waals surface area contributed by atoms with E-state index >= 15 is 0 Å². The zero-order valence-corrected chi connectivity index (χ0v) is 10.0. The van der Waals surface area contributed by atoms with E-state index in [-0.39, 0.29) is 5.91 Å². The van der Waals surface area contributed by atoms with Crippen molar-refractivity contribution in [2.75, 3.05) is 5.32 Å². The minimum atomic E-state index is -0.0614. The van der Waals surface area contributed by atoms with E-state index in [9.17, 15) is 4.79 Å². The fraction of sp³-hybridized carbons (Fsp3) is 0.133. The molecule has 0 fully saturated rings. The Labute approximate surface area is 101 Å². The molecule has 1 amide bonds. The average molecular weight is 225 g/mol. The second kappa shape index (κ2) is 4.83. The summed E-state index contributed by atoms with van der Waals surface area (Å²) in [7, 11) is 0. The van der Waals surface area contributed by atoms with Crippen molar-refractivity contribution >= 4 is 11.6 Å². The van der Waals surface area contributed by atoms with E-state index in [2.05, 4.69) is 5.32 Å². The monoisotopic (exact) mass is 225 g/mol. The van der Waals surface area contributed by atoms with Crippen LogP contribution in [0.3, 0.4) is 0 Å². The normalized spacial score (nSPS) is 10.0. The Morgan fingerprint density at radius 1 is 1.00 bits per heavy atom.